The van der Waals surface area contributed by atoms with Gasteiger partial charge in [0.1, 0.15) is 11.5 Å². The van der Waals surface area contributed by atoms with Crippen LogP contribution in [0, 0.1) is 11.3 Å². The van der Waals surface area contributed by atoms with Crippen molar-refractivity contribution < 1.29 is 22.6 Å². The van der Waals surface area contributed by atoms with Crippen LogP contribution < -0.4 is 9.47 Å². The summed E-state index contributed by atoms with van der Waals surface area (Å²) in [6.45, 7) is 2.95. The number of rotatable bonds is 10. The van der Waals surface area contributed by atoms with Crippen molar-refractivity contribution in [1.29, 1.82) is 5.26 Å². The lowest BCUT2D eigenvalue weighted by atomic mass is 10.1. The molecule has 4 rings (SSSR count). The molecule has 1 aliphatic rings. The Morgan fingerprint density at radius 2 is 1.54 bits per heavy atom. The van der Waals surface area contributed by atoms with Crippen LogP contribution in [0.4, 0.5) is 0 Å². The van der Waals surface area contributed by atoms with Gasteiger partial charge in [-0.2, -0.15) is 9.57 Å². The van der Waals surface area contributed by atoms with E-state index in [4.69, 9.17) is 19.5 Å². The van der Waals surface area contributed by atoms with Gasteiger partial charge >= 0.3 is 0 Å². The van der Waals surface area contributed by atoms with Crippen LogP contribution in [0.3, 0.4) is 0 Å². The maximum absolute atomic E-state index is 13.2. The Hall–Kier alpha value is -3.42. The van der Waals surface area contributed by atoms with Crippen LogP contribution in [0.2, 0.25) is 0 Å². The predicted molar refractivity (Wildman–Crippen MR) is 140 cm³/mol. The van der Waals surface area contributed by atoms with Gasteiger partial charge < -0.3 is 14.2 Å². The molecule has 9 heteroatoms. The first-order chi connectivity index (χ1) is 17.9. The number of hydrogen-bond donors (Lipinski definition) is 0. The highest BCUT2D eigenvalue weighted by molar-refractivity contribution is 7.89. The fourth-order valence-electron chi connectivity index (χ4n) is 4.27. The van der Waals surface area contributed by atoms with Crippen LogP contribution in [0.25, 0.3) is 0 Å². The number of nitrogens with zero attached hydrogens (tertiary/aromatic N) is 3. The molecule has 0 bridgehead atoms. The second kappa shape index (κ2) is 12.2. The van der Waals surface area contributed by atoms with Gasteiger partial charge in [-0.05, 0) is 47.5 Å². The number of benzene rings is 3. The maximum atomic E-state index is 13.2. The minimum absolute atomic E-state index is 0.236. The van der Waals surface area contributed by atoms with Gasteiger partial charge in [0.15, 0.2) is 0 Å². The maximum Gasteiger partial charge on any atom is 0.243 e. The first-order valence-corrected chi connectivity index (χ1v) is 13.5. The molecule has 0 spiro atoms. The van der Waals surface area contributed by atoms with E-state index >= 15 is 0 Å². The van der Waals surface area contributed by atoms with Crippen molar-refractivity contribution in [3.05, 3.63) is 89.5 Å². The van der Waals surface area contributed by atoms with Crippen molar-refractivity contribution in [3.8, 4) is 17.6 Å². The van der Waals surface area contributed by atoms with Crippen LogP contribution in [-0.4, -0.2) is 64.6 Å². The quantitative estimate of drug-likeness (QED) is 0.400. The molecule has 1 heterocycles. The number of nitriles is 1. The number of methoxy groups -OCH3 is 2. The van der Waals surface area contributed by atoms with Crippen molar-refractivity contribution in [2.45, 2.75) is 17.6 Å². The van der Waals surface area contributed by atoms with Gasteiger partial charge in [-0.25, -0.2) is 8.42 Å². The Balaban J connectivity index is 1.43. The van der Waals surface area contributed by atoms with E-state index in [2.05, 4.69) is 11.0 Å². The average Bonchev–Trinajstić information content (AvgIpc) is 2.95. The van der Waals surface area contributed by atoms with E-state index in [1.165, 1.54) is 11.4 Å². The van der Waals surface area contributed by atoms with Gasteiger partial charge in [-0.15, -0.1) is 0 Å². The number of hydrogen-bond acceptors (Lipinski definition) is 7. The number of piperazine rings is 1. The average molecular weight is 522 g/mol. The summed E-state index contributed by atoms with van der Waals surface area (Å²) in [4.78, 5) is 2.46. The topological polar surface area (TPSA) is 92.1 Å². The SMILES string of the molecule is COc1cccc(C(CN2CCN(S(=O)(=O)c3cccc(OC)c3)CC2)OCc2ccc(C#N)cc2)c1. The van der Waals surface area contributed by atoms with Gasteiger partial charge in [-0.1, -0.05) is 30.3 Å². The highest BCUT2D eigenvalue weighted by Gasteiger charge is 2.30. The smallest absolute Gasteiger partial charge is 0.243 e. The molecular formula is C28H31N3O5S. The summed E-state index contributed by atoms with van der Waals surface area (Å²) in [7, 11) is -0.451. The lowest BCUT2D eigenvalue weighted by molar-refractivity contribution is 0.00763. The zero-order valence-electron chi connectivity index (χ0n) is 21.0. The molecule has 0 amide bonds. The summed E-state index contributed by atoms with van der Waals surface area (Å²) in [5, 5.41) is 9.04. The largest absolute Gasteiger partial charge is 0.497 e. The summed E-state index contributed by atoms with van der Waals surface area (Å²) in [6, 6.07) is 23.8. The lowest BCUT2D eigenvalue weighted by Gasteiger charge is -2.36. The summed E-state index contributed by atoms with van der Waals surface area (Å²) in [5.74, 6) is 1.26. The van der Waals surface area contributed by atoms with Crippen LogP contribution in [0.1, 0.15) is 22.8 Å². The first-order valence-electron chi connectivity index (χ1n) is 12.0. The van der Waals surface area contributed by atoms with Crippen LogP contribution in [0.5, 0.6) is 11.5 Å². The molecule has 0 aliphatic carbocycles. The Morgan fingerprint density at radius 1 is 0.892 bits per heavy atom. The van der Waals surface area contributed by atoms with E-state index in [0.717, 1.165) is 16.9 Å². The molecule has 0 radical (unpaired) electrons. The fraction of sp³-hybridized carbons (Fsp3) is 0.321. The molecule has 3 aromatic rings. The van der Waals surface area contributed by atoms with Crippen LogP contribution in [-0.2, 0) is 21.4 Å². The molecule has 8 nitrogen and oxygen atoms in total. The minimum Gasteiger partial charge on any atom is -0.497 e. The van der Waals surface area contributed by atoms with E-state index < -0.39 is 10.0 Å². The van der Waals surface area contributed by atoms with Gasteiger partial charge in [0.25, 0.3) is 0 Å². The van der Waals surface area contributed by atoms with E-state index in [-0.39, 0.29) is 11.0 Å². The third kappa shape index (κ3) is 6.67. The Labute approximate surface area is 218 Å². The van der Waals surface area contributed by atoms with E-state index in [0.29, 0.717) is 50.6 Å². The third-order valence-electron chi connectivity index (χ3n) is 6.43. The minimum atomic E-state index is -3.60. The molecule has 1 fully saturated rings. The van der Waals surface area contributed by atoms with Crippen molar-refractivity contribution in [2.24, 2.45) is 0 Å². The predicted octanol–water partition coefficient (Wildman–Crippen LogP) is 3.84. The molecule has 3 aromatic carbocycles. The molecule has 1 aliphatic heterocycles. The molecular weight excluding hydrogens is 490 g/mol. The fourth-order valence-corrected chi connectivity index (χ4v) is 5.72. The van der Waals surface area contributed by atoms with Crippen molar-refractivity contribution in [1.82, 2.24) is 9.21 Å². The molecule has 1 atom stereocenters. The second-order valence-corrected chi connectivity index (χ2v) is 10.7. The normalized spacial score (nSPS) is 15.6. The van der Waals surface area contributed by atoms with Gasteiger partial charge in [0.2, 0.25) is 10.0 Å². The Morgan fingerprint density at radius 3 is 2.19 bits per heavy atom. The molecule has 0 saturated carbocycles. The molecule has 1 unspecified atom stereocenters. The molecule has 0 aromatic heterocycles. The third-order valence-corrected chi connectivity index (χ3v) is 8.33. The van der Waals surface area contributed by atoms with E-state index in [9.17, 15) is 8.42 Å². The summed E-state index contributed by atoms with van der Waals surface area (Å²) in [6.07, 6.45) is -0.243. The summed E-state index contributed by atoms with van der Waals surface area (Å²) >= 11 is 0. The van der Waals surface area contributed by atoms with Crippen molar-refractivity contribution in [2.75, 3.05) is 46.9 Å². The van der Waals surface area contributed by atoms with Crippen LogP contribution in [0.15, 0.2) is 77.7 Å². The molecule has 37 heavy (non-hydrogen) atoms. The Bertz CT molecular complexity index is 1330. The zero-order chi connectivity index (χ0) is 26.3. The van der Waals surface area contributed by atoms with Crippen molar-refractivity contribution in [3.63, 3.8) is 0 Å². The lowest BCUT2D eigenvalue weighted by Crippen LogP contribution is -2.49. The van der Waals surface area contributed by atoms with E-state index in [1.54, 1.807) is 43.5 Å². The summed E-state index contributed by atoms with van der Waals surface area (Å²) < 4.78 is 44.8. The highest BCUT2D eigenvalue weighted by Crippen LogP contribution is 2.26. The van der Waals surface area contributed by atoms with Crippen molar-refractivity contribution >= 4 is 10.0 Å². The second-order valence-electron chi connectivity index (χ2n) is 8.77. The Kier molecular flexibility index (Phi) is 8.79. The monoisotopic (exact) mass is 521 g/mol. The zero-order valence-corrected chi connectivity index (χ0v) is 21.9. The molecule has 1 saturated heterocycles. The standard InChI is InChI=1S/C28H31N3O5S/c1-34-25-6-3-5-24(17-25)28(36-21-23-11-9-22(19-29)10-12-23)20-30-13-15-31(16-14-30)37(32,33)27-8-4-7-26(18-27)35-2/h3-12,17-18,28H,13-16,20-21H2,1-2H3. The van der Waals surface area contributed by atoms with Gasteiger partial charge in [0.05, 0.1) is 43.5 Å². The van der Waals surface area contributed by atoms with E-state index in [1.807, 2.05) is 36.4 Å². The molecule has 194 valence electrons. The molecule has 0 N–H and O–H groups in total. The summed E-state index contributed by atoms with van der Waals surface area (Å²) in [5.41, 5.74) is 2.57. The highest BCUT2D eigenvalue weighted by atomic mass is 32.2. The van der Waals surface area contributed by atoms with Crippen LogP contribution >= 0.6 is 0 Å². The first kappa shape index (κ1) is 26.6. The van der Waals surface area contributed by atoms with Gasteiger partial charge in [0, 0.05) is 38.8 Å². The number of ether oxygens (including phenoxy) is 3. The van der Waals surface area contributed by atoms with Gasteiger partial charge in [-0.3, -0.25) is 4.90 Å². The number of sulfonamides is 1.